The number of amidine groups is 1. The van der Waals surface area contributed by atoms with E-state index in [0.29, 0.717) is 5.75 Å². The summed E-state index contributed by atoms with van der Waals surface area (Å²) < 4.78 is 5.22. The van der Waals surface area contributed by atoms with Crippen molar-refractivity contribution < 1.29 is 9.53 Å². The van der Waals surface area contributed by atoms with Crippen molar-refractivity contribution in [2.24, 2.45) is 4.99 Å². The zero-order valence-corrected chi connectivity index (χ0v) is 16.1. The van der Waals surface area contributed by atoms with E-state index in [2.05, 4.69) is 30.3 Å². The fraction of sp³-hybridized carbons (Fsp3) is 0.273. The predicted molar refractivity (Wildman–Crippen MR) is 112 cm³/mol. The monoisotopic (exact) mass is 378 g/mol. The van der Waals surface area contributed by atoms with Crippen LogP contribution in [0.5, 0.6) is 5.75 Å². The number of anilines is 1. The highest BCUT2D eigenvalue weighted by Gasteiger charge is 2.31. The Kier molecular flexibility index (Phi) is 5.30. The molecular weight excluding hydrogens is 356 g/mol. The molecule has 1 amide bonds. The number of thioether (sulfide) groups is 1. The molecule has 1 fully saturated rings. The van der Waals surface area contributed by atoms with Gasteiger partial charge in [0.05, 0.1) is 24.6 Å². The summed E-state index contributed by atoms with van der Waals surface area (Å²) in [6, 6.07) is 18.1. The van der Waals surface area contributed by atoms with Crippen LogP contribution in [0.2, 0.25) is 0 Å². The molecule has 0 radical (unpaired) electrons. The lowest BCUT2D eigenvalue weighted by Gasteiger charge is -2.24. The number of nitrogens with zero attached hydrogens (tertiary/aromatic N) is 2. The minimum atomic E-state index is 0.0740. The standard InChI is InChI=1S/C22H22N2O2S/c1-26-18-13-11-17(12-14-18)24-21(25)15-27-22(24)23-20-10-6-5-9-19(20)16-7-3-2-4-8-16/h2-4,7-9,11-14,20H,5-6,10,15H2,1H3. The van der Waals surface area contributed by atoms with E-state index in [1.54, 1.807) is 12.0 Å². The lowest BCUT2D eigenvalue weighted by Crippen LogP contribution is -2.30. The van der Waals surface area contributed by atoms with Crippen molar-refractivity contribution in [3.8, 4) is 5.75 Å². The Morgan fingerprint density at radius 3 is 2.63 bits per heavy atom. The number of ether oxygens (including phenoxy) is 1. The number of benzene rings is 2. The van der Waals surface area contributed by atoms with E-state index in [9.17, 15) is 4.79 Å². The number of hydrogen-bond donors (Lipinski definition) is 0. The zero-order valence-electron chi connectivity index (χ0n) is 15.3. The summed E-state index contributed by atoms with van der Waals surface area (Å²) >= 11 is 1.52. The molecule has 0 saturated carbocycles. The second-order valence-corrected chi connectivity index (χ2v) is 7.54. The number of hydrogen-bond acceptors (Lipinski definition) is 4. The molecule has 1 atom stereocenters. The van der Waals surface area contributed by atoms with Gasteiger partial charge in [0, 0.05) is 0 Å². The van der Waals surface area contributed by atoms with Gasteiger partial charge in [0.15, 0.2) is 5.17 Å². The number of aliphatic imine (C=N–C) groups is 1. The minimum absolute atomic E-state index is 0.0740. The van der Waals surface area contributed by atoms with Gasteiger partial charge in [-0.25, -0.2) is 0 Å². The van der Waals surface area contributed by atoms with Crippen molar-refractivity contribution >= 4 is 34.1 Å². The first-order valence-corrected chi connectivity index (χ1v) is 10.2. The number of amides is 1. The van der Waals surface area contributed by atoms with Crippen LogP contribution in [0.4, 0.5) is 5.69 Å². The average molecular weight is 378 g/mol. The van der Waals surface area contributed by atoms with Crippen molar-refractivity contribution in [3.05, 3.63) is 66.2 Å². The molecule has 1 aliphatic carbocycles. The van der Waals surface area contributed by atoms with Gasteiger partial charge in [-0.15, -0.1) is 0 Å². The van der Waals surface area contributed by atoms with Crippen LogP contribution in [0, 0.1) is 0 Å². The van der Waals surface area contributed by atoms with Crippen LogP contribution < -0.4 is 9.64 Å². The first-order chi connectivity index (χ1) is 13.3. The second kappa shape index (κ2) is 8.01. The molecule has 0 N–H and O–H groups in total. The van der Waals surface area contributed by atoms with Crippen LogP contribution >= 0.6 is 11.8 Å². The van der Waals surface area contributed by atoms with Crippen molar-refractivity contribution in [2.45, 2.75) is 25.3 Å². The van der Waals surface area contributed by atoms with Crippen molar-refractivity contribution in [2.75, 3.05) is 17.8 Å². The highest BCUT2D eigenvalue weighted by molar-refractivity contribution is 8.15. The van der Waals surface area contributed by atoms with E-state index in [1.165, 1.54) is 22.9 Å². The van der Waals surface area contributed by atoms with Gasteiger partial charge in [0.1, 0.15) is 5.75 Å². The van der Waals surface area contributed by atoms with Crippen LogP contribution in [0.25, 0.3) is 5.57 Å². The summed E-state index contributed by atoms with van der Waals surface area (Å²) in [6.07, 6.45) is 5.51. The third-order valence-corrected chi connectivity index (χ3v) is 5.81. The van der Waals surface area contributed by atoms with Crippen molar-refractivity contribution in [3.63, 3.8) is 0 Å². The van der Waals surface area contributed by atoms with E-state index in [0.717, 1.165) is 35.9 Å². The van der Waals surface area contributed by atoms with Gasteiger partial charge in [0.25, 0.3) is 0 Å². The first kappa shape index (κ1) is 17.9. The summed E-state index contributed by atoms with van der Waals surface area (Å²) in [5.74, 6) is 1.28. The van der Waals surface area contributed by atoms with Gasteiger partial charge in [-0.05, 0) is 54.7 Å². The number of carbonyl (C=O) groups is 1. The second-order valence-electron chi connectivity index (χ2n) is 6.60. The van der Waals surface area contributed by atoms with Gasteiger partial charge in [0.2, 0.25) is 5.91 Å². The molecule has 2 aromatic carbocycles. The Balaban J connectivity index is 1.65. The van der Waals surface area contributed by atoms with E-state index >= 15 is 0 Å². The van der Waals surface area contributed by atoms with Gasteiger partial charge in [-0.2, -0.15) is 0 Å². The molecule has 2 aromatic rings. The molecular formula is C22H22N2O2S. The zero-order chi connectivity index (χ0) is 18.6. The van der Waals surface area contributed by atoms with Crippen molar-refractivity contribution in [1.82, 2.24) is 0 Å². The van der Waals surface area contributed by atoms with Crippen LogP contribution in [-0.4, -0.2) is 30.0 Å². The summed E-state index contributed by atoms with van der Waals surface area (Å²) in [5.41, 5.74) is 3.33. The number of allylic oxidation sites excluding steroid dienone is 1. The van der Waals surface area contributed by atoms with Gasteiger partial charge < -0.3 is 4.74 Å². The maximum atomic E-state index is 12.5. The van der Waals surface area contributed by atoms with Crippen LogP contribution in [-0.2, 0) is 4.79 Å². The predicted octanol–water partition coefficient (Wildman–Crippen LogP) is 4.77. The number of methoxy groups -OCH3 is 1. The van der Waals surface area contributed by atoms with E-state index in [4.69, 9.17) is 9.73 Å². The third-order valence-electron chi connectivity index (χ3n) is 4.87. The maximum absolute atomic E-state index is 12.5. The average Bonchev–Trinajstić information content (AvgIpc) is 3.09. The fourth-order valence-corrected chi connectivity index (χ4v) is 4.43. The van der Waals surface area contributed by atoms with E-state index < -0.39 is 0 Å². The molecule has 0 spiro atoms. The van der Waals surface area contributed by atoms with Crippen molar-refractivity contribution in [1.29, 1.82) is 0 Å². The first-order valence-electron chi connectivity index (χ1n) is 9.19. The smallest absolute Gasteiger partial charge is 0.243 e. The summed E-state index contributed by atoms with van der Waals surface area (Å²) in [4.78, 5) is 19.3. The lowest BCUT2D eigenvalue weighted by molar-refractivity contribution is -0.115. The normalized spacial score (nSPS) is 21.4. The van der Waals surface area contributed by atoms with Crippen LogP contribution in [0.15, 0.2) is 65.7 Å². The Morgan fingerprint density at radius 1 is 1.11 bits per heavy atom. The molecule has 2 aliphatic rings. The molecule has 1 unspecified atom stereocenters. The molecule has 1 saturated heterocycles. The SMILES string of the molecule is COc1ccc(N2C(=O)CSC2=NC2CCCC=C2c2ccccc2)cc1. The fourth-order valence-electron chi connectivity index (χ4n) is 3.51. The Morgan fingerprint density at radius 2 is 1.89 bits per heavy atom. The Bertz CT molecular complexity index is 875. The van der Waals surface area contributed by atoms with Gasteiger partial charge in [-0.1, -0.05) is 48.2 Å². The number of rotatable bonds is 4. The summed E-state index contributed by atoms with van der Waals surface area (Å²) in [7, 11) is 1.64. The molecule has 0 bridgehead atoms. The lowest BCUT2D eigenvalue weighted by atomic mass is 9.89. The molecule has 4 rings (SSSR count). The highest BCUT2D eigenvalue weighted by atomic mass is 32.2. The topological polar surface area (TPSA) is 41.9 Å². The third kappa shape index (κ3) is 3.78. The quantitative estimate of drug-likeness (QED) is 0.770. The molecule has 1 heterocycles. The molecule has 4 nitrogen and oxygen atoms in total. The summed E-state index contributed by atoms with van der Waals surface area (Å²) in [5, 5.41) is 0.791. The van der Waals surface area contributed by atoms with Crippen LogP contribution in [0.1, 0.15) is 24.8 Å². The largest absolute Gasteiger partial charge is 0.497 e. The highest BCUT2D eigenvalue weighted by Crippen LogP contribution is 2.33. The Labute approximate surface area is 163 Å². The minimum Gasteiger partial charge on any atom is -0.497 e. The van der Waals surface area contributed by atoms with E-state index in [-0.39, 0.29) is 11.9 Å². The molecule has 1 aliphatic heterocycles. The van der Waals surface area contributed by atoms with E-state index in [1.807, 2.05) is 30.3 Å². The van der Waals surface area contributed by atoms with Gasteiger partial charge in [-0.3, -0.25) is 14.7 Å². The Hall–Kier alpha value is -2.53. The van der Waals surface area contributed by atoms with Gasteiger partial charge >= 0.3 is 0 Å². The molecule has 5 heteroatoms. The maximum Gasteiger partial charge on any atom is 0.243 e. The molecule has 138 valence electrons. The summed E-state index contributed by atoms with van der Waals surface area (Å²) in [6.45, 7) is 0. The molecule has 27 heavy (non-hydrogen) atoms. The molecule has 0 aromatic heterocycles. The van der Waals surface area contributed by atoms with Crippen LogP contribution in [0.3, 0.4) is 0 Å². The number of carbonyl (C=O) groups excluding carboxylic acids is 1.